The van der Waals surface area contributed by atoms with Crippen molar-refractivity contribution in [1.82, 2.24) is 4.90 Å². The standard InChI is InChI=1S/C16H23NO/c1-12-4-6-15(7-5-12)16(18)11-17-9-13(2)8-14(3)10-17/h4-7,13-14H,8-11H2,1-3H3. The van der Waals surface area contributed by atoms with E-state index in [0.29, 0.717) is 18.4 Å². The number of rotatable bonds is 3. The Morgan fingerprint density at radius 1 is 1.17 bits per heavy atom. The maximum atomic E-state index is 12.2. The summed E-state index contributed by atoms with van der Waals surface area (Å²) in [5.74, 6) is 1.66. The normalized spacial score (nSPS) is 25.1. The number of hydrogen-bond acceptors (Lipinski definition) is 2. The molecule has 1 heterocycles. The first kappa shape index (κ1) is 13.3. The summed E-state index contributed by atoms with van der Waals surface area (Å²) >= 11 is 0. The van der Waals surface area contributed by atoms with Gasteiger partial charge in [-0.1, -0.05) is 43.7 Å². The Labute approximate surface area is 110 Å². The lowest BCUT2D eigenvalue weighted by atomic mass is 9.91. The zero-order valence-electron chi connectivity index (χ0n) is 11.6. The van der Waals surface area contributed by atoms with E-state index < -0.39 is 0 Å². The van der Waals surface area contributed by atoms with Crippen molar-refractivity contribution in [2.75, 3.05) is 19.6 Å². The number of likely N-dealkylation sites (tertiary alicyclic amines) is 1. The lowest BCUT2D eigenvalue weighted by molar-refractivity contribution is 0.0849. The Kier molecular flexibility index (Phi) is 4.18. The molecule has 1 aliphatic rings. The van der Waals surface area contributed by atoms with Gasteiger partial charge in [0.05, 0.1) is 6.54 Å². The third kappa shape index (κ3) is 3.42. The van der Waals surface area contributed by atoms with Crippen LogP contribution in [0.5, 0.6) is 0 Å². The van der Waals surface area contributed by atoms with Crippen LogP contribution in [0.15, 0.2) is 24.3 Å². The molecule has 2 heteroatoms. The van der Waals surface area contributed by atoms with Gasteiger partial charge in [-0.05, 0) is 25.2 Å². The van der Waals surface area contributed by atoms with Crippen LogP contribution in [-0.4, -0.2) is 30.3 Å². The van der Waals surface area contributed by atoms with Crippen LogP contribution in [0, 0.1) is 18.8 Å². The van der Waals surface area contributed by atoms with E-state index in [0.717, 1.165) is 18.7 Å². The highest BCUT2D eigenvalue weighted by atomic mass is 16.1. The zero-order chi connectivity index (χ0) is 13.1. The Morgan fingerprint density at radius 2 is 1.72 bits per heavy atom. The van der Waals surface area contributed by atoms with Gasteiger partial charge in [-0.3, -0.25) is 9.69 Å². The van der Waals surface area contributed by atoms with Gasteiger partial charge in [-0.15, -0.1) is 0 Å². The third-order valence-electron chi connectivity index (χ3n) is 3.69. The predicted molar refractivity (Wildman–Crippen MR) is 74.9 cm³/mol. The van der Waals surface area contributed by atoms with Gasteiger partial charge in [0.2, 0.25) is 0 Å². The molecular weight excluding hydrogens is 222 g/mol. The number of nitrogens with zero attached hydrogens (tertiary/aromatic N) is 1. The van der Waals surface area contributed by atoms with Crippen molar-refractivity contribution in [1.29, 1.82) is 0 Å². The molecule has 0 spiro atoms. The number of piperidine rings is 1. The van der Waals surface area contributed by atoms with Gasteiger partial charge in [-0.2, -0.15) is 0 Å². The van der Waals surface area contributed by atoms with Crippen LogP contribution in [0.3, 0.4) is 0 Å². The summed E-state index contributed by atoms with van der Waals surface area (Å²) < 4.78 is 0. The highest BCUT2D eigenvalue weighted by Crippen LogP contribution is 2.21. The summed E-state index contributed by atoms with van der Waals surface area (Å²) in [5, 5.41) is 0. The highest BCUT2D eigenvalue weighted by Gasteiger charge is 2.23. The van der Waals surface area contributed by atoms with Gasteiger partial charge in [0.25, 0.3) is 0 Å². The maximum Gasteiger partial charge on any atom is 0.176 e. The SMILES string of the molecule is Cc1ccc(C(=O)CN2CC(C)CC(C)C2)cc1. The number of benzene rings is 1. The minimum absolute atomic E-state index is 0.247. The van der Waals surface area contributed by atoms with Crippen molar-refractivity contribution in [2.24, 2.45) is 11.8 Å². The first-order chi connectivity index (χ1) is 8.54. The molecule has 1 saturated heterocycles. The minimum atomic E-state index is 0.247. The van der Waals surface area contributed by atoms with Gasteiger partial charge >= 0.3 is 0 Å². The van der Waals surface area contributed by atoms with Gasteiger partial charge in [0.1, 0.15) is 0 Å². The largest absolute Gasteiger partial charge is 0.295 e. The average Bonchev–Trinajstić information content (AvgIpc) is 2.28. The Hall–Kier alpha value is -1.15. The fraction of sp³-hybridized carbons (Fsp3) is 0.562. The van der Waals surface area contributed by atoms with Crippen molar-refractivity contribution in [2.45, 2.75) is 27.2 Å². The lowest BCUT2D eigenvalue weighted by Crippen LogP contribution is -2.41. The van der Waals surface area contributed by atoms with Crippen LogP contribution in [0.25, 0.3) is 0 Å². The Balaban J connectivity index is 1.96. The molecule has 2 rings (SSSR count). The fourth-order valence-electron chi connectivity index (χ4n) is 2.95. The molecule has 98 valence electrons. The van der Waals surface area contributed by atoms with Crippen molar-refractivity contribution in [3.8, 4) is 0 Å². The number of aryl methyl sites for hydroxylation is 1. The van der Waals surface area contributed by atoms with Crippen molar-refractivity contribution in [3.63, 3.8) is 0 Å². The number of carbonyl (C=O) groups is 1. The van der Waals surface area contributed by atoms with E-state index in [2.05, 4.69) is 18.7 Å². The predicted octanol–water partition coefficient (Wildman–Crippen LogP) is 3.16. The van der Waals surface area contributed by atoms with Gasteiger partial charge in [-0.25, -0.2) is 0 Å². The Morgan fingerprint density at radius 3 is 2.28 bits per heavy atom. The van der Waals surface area contributed by atoms with E-state index in [1.54, 1.807) is 0 Å². The molecule has 0 aromatic heterocycles. The molecule has 0 radical (unpaired) electrons. The fourth-order valence-corrected chi connectivity index (χ4v) is 2.95. The summed E-state index contributed by atoms with van der Waals surface area (Å²) in [7, 11) is 0. The topological polar surface area (TPSA) is 20.3 Å². The first-order valence-electron chi connectivity index (χ1n) is 6.87. The van der Waals surface area contributed by atoms with E-state index in [9.17, 15) is 4.79 Å². The molecule has 0 aliphatic carbocycles. The summed E-state index contributed by atoms with van der Waals surface area (Å²) in [6.45, 7) is 9.28. The molecule has 2 unspecified atom stereocenters. The van der Waals surface area contributed by atoms with Gasteiger partial charge in [0.15, 0.2) is 5.78 Å². The third-order valence-corrected chi connectivity index (χ3v) is 3.69. The molecular formula is C16H23NO. The smallest absolute Gasteiger partial charge is 0.176 e. The second-order valence-corrected chi connectivity index (χ2v) is 5.93. The van der Waals surface area contributed by atoms with Gasteiger partial charge < -0.3 is 0 Å². The second-order valence-electron chi connectivity index (χ2n) is 5.93. The molecule has 0 bridgehead atoms. The van der Waals surface area contributed by atoms with E-state index >= 15 is 0 Å². The number of Topliss-reactive ketones (excluding diaryl/α,β-unsaturated/α-hetero) is 1. The minimum Gasteiger partial charge on any atom is -0.295 e. The zero-order valence-corrected chi connectivity index (χ0v) is 11.6. The summed E-state index contributed by atoms with van der Waals surface area (Å²) in [6, 6.07) is 7.90. The highest BCUT2D eigenvalue weighted by molar-refractivity contribution is 5.97. The molecule has 1 aromatic rings. The van der Waals surface area contributed by atoms with E-state index in [-0.39, 0.29) is 5.78 Å². The van der Waals surface area contributed by atoms with E-state index in [1.807, 2.05) is 31.2 Å². The van der Waals surface area contributed by atoms with Crippen LogP contribution in [-0.2, 0) is 0 Å². The average molecular weight is 245 g/mol. The van der Waals surface area contributed by atoms with Crippen LogP contribution >= 0.6 is 0 Å². The van der Waals surface area contributed by atoms with Crippen molar-refractivity contribution >= 4 is 5.78 Å². The van der Waals surface area contributed by atoms with Crippen LogP contribution in [0.2, 0.25) is 0 Å². The second kappa shape index (κ2) is 5.66. The molecule has 2 atom stereocenters. The summed E-state index contributed by atoms with van der Waals surface area (Å²) in [4.78, 5) is 14.5. The molecule has 1 aromatic carbocycles. The lowest BCUT2D eigenvalue weighted by Gasteiger charge is -2.34. The van der Waals surface area contributed by atoms with Crippen molar-refractivity contribution in [3.05, 3.63) is 35.4 Å². The molecule has 0 amide bonds. The molecule has 1 aliphatic heterocycles. The van der Waals surface area contributed by atoms with E-state index in [4.69, 9.17) is 0 Å². The van der Waals surface area contributed by atoms with Crippen LogP contribution in [0.1, 0.15) is 36.2 Å². The molecule has 0 N–H and O–H groups in total. The van der Waals surface area contributed by atoms with E-state index in [1.165, 1.54) is 12.0 Å². The summed E-state index contributed by atoms with van der Waals surface area (Å²) in [5.41, 5.74) is 2.04. The van der Waals surface area contributed by atoms with Gasteiger partial charge in [0, 0.05) is 18.7 Å². The molecule has 1 fully saturated rings. The monoisotopic (exact) mass is 245 g/mol. The molecule has 18 heavy (non-hydrogen) atoms. The molecule has 0 saturated carbocycles. The number of carbonyl (C=O) groups excluding carboxylic acids is 1. The number of hydrogen-bond donors (Lipinski definition) is 0. The summed E-state index contributed by atoms with van der Waals surface area (Å²) in [6.07, 6.45) is 1.29. The maximum absolute atomic E-state index is 12.2. The molecule has 2 nitrogen and oxygen atoms in total. The number of ketones is 1. The van der Waals surface area contributed by atoms with Crippen LogP contribution < -0.4 is 0 Å². The first-order valence-corrected chi connectivity index (χ1v) is 6.87. The van der Waals surface area contributed by atoms with Crippen LogP contribution in [0.4, 0.5) is 0 Å². The quantitative estimate of drug-likeness (QED) is 0.762. The Bertz CT molecular complexity index is 400. The van der Waals surface area contributed by atoms with Crippen molar-refractivity contribution < 1.29 is 4.79 Å².